The molecule has 1 aromatic carbocycles. The third-order valence-corrected chi connectivity index (χ3v) is 5.97. The van der Waals surface area contributed by atoms with Crippen LogP contribution in [0.5, 0.6) is 6.01 Å². The molecule has 1 fully saturated rings. The minimum Gasteiger partial charge on any atom is -0.462 e. The Morgan fingerprint density at radius 3 is 2.81 bits per heavy atom. The average molecular weight is 443 g/mol. The second kappa shape index (κ2) is 10.2. The molecule has 4 rings (SSSR count). The molecule has 0 aliphatic carbocycles. The second-order valence-electron chi connectivity index (χ2n) is 8.38. The van der Waals surface area contributed by atoms with E-state index in [1.807, 2.05) is 13.1 Å². The largest absolute Gasteiger partial charge is 0.462 e. The summed E-state index contributed by atoms with van der Waals surface area (Å²) >= 11 is 0. The molecule has 0 spiro atoms. The lowest BCUT2D eigenvalue weighted by Gasteiger charge is -2.26. The molecule has 0 saturated carbocycles. The Labute approximate surface area is 192 Å². The third-order valence-electron chi connectivity index (χ3n) is 5.97. The normalized spacial score (nSPS) is 14.6. The molecule has 1 aliphatic heterocycles. The number of nitrogens with zero attached hydrogens (tertiary/aromatic N) is 4. The highest BCUT2D eigenvalue weighted by Crippen LogP contribution is 2.27. The molecular weight excluding hydrogens is 404 g/mol. The van der Waals surface area contributed by atoms with Gasteiger partial charge in [0, 0.05) is 64.4 Å². The van der Waals surface area contributed by atoms with Crippen LogP contribution in [0.2, 0.25) is 0 Å². The number of morpholine rings is 1. The number of aryl methyl sites for hydroxylation is 2. The van der Waals surface area contributed by atoms with E-state index >= 15 is 0 Å². The van der Waals surface area contributed by atoms with Gasteiger partial charge in [-0.05, 0) is 38.0 Å². The van der Waals surface area contributed by atoms with Gasteiger partial charge in [0.15, 0.2) is 0 Å². The molecule has 0 radical (unpaired) electrons. The number of aromatic amines is 1. The fourth-order valence-corrected chi connectivity index (χ4v) is 3.98. The number of hydrogen-bond acceptors (Lipinski definition) is 7. The van der Waals surface area contributed by atoms with Gasteiger partial charge in [-0.3, -0.25) is 4.90 Å². The Hall–Kier alpha value is -2.84. The number of fused-ring (bicyclic) bond motifs is 1. The standard InChI is InChI=1S/C24H34N6O2.2H2/c1-5-8-29(4)23-16-22(26-19-6-7-20-17(2)18(3)25-21(20)15-19)27-24(28-23)32-14-11-30-9-12-31-13-10-30;;/h6-7,15-16,25H,5,8-14H2,1-4H3,(H,26,27,28);2*1H. The van der Waals surface area contributed by atoms with Gasteiger partial charge in [0.2, 0.25) is 0 Å². The van der Waals surface area contributed by atoms with Gasteiger partial charge in [0.25, 0.3) is 0 Å². The van der Waals surface area contributed by atoms with Crippen LogP contribution in [0.3, 0.4) is 0 Å². The van der Waals surface area contributed by atoms with Gasteiger partial charge in [0.05, 0.1) is 13.2 Å². The summed E-state index contributed by atoms with van der Waals surface area (Å²) < 4.78 is 11.4. The maximum atomic E-state index is 5.97. The summed E-state index contributed by atoms with van der Waals surface area (Å²) in [6, 6.07) is 8.71. The van der Waals surface area contributed by atoms with Gasteiger partial charge in [-0.2, -0.15) is 9.97 Å². The van der Waals surface area contributed by atoms with Crippen molar-refractivity contribution in [1.82, 2.24) is 19.9 Å². The SMILES string of the molecule is CCCN(C)c1cc(Nc2ccc3c(C)c(C)[nH]c3c2)nc(OCCN2CCOCC2)n1.[HH].[HH]. The third kappa shape index (κ3) is 5.31. The maximum absolute atomic E-state index is 5.97. The van der Waals surface area contributed by atoms with Crippen LogP contribution in [0.15, 0.2) is 24.3 Å². The van der Waals surface area contributed by atoms with Crippen molar-refractivity contribution in [1.29, 1.82) is 0 Å². The smallest absolute Gasteiger partial charge is 0.320 e. The van der Waals surface area contributed by atoms with Crippen molar-refractivity contribution >= 4 is 28.2 Å². The van der Waals surface area contributed by atoms with Crippen molar-refractivity contribution in [3.63, 3.8) is 0 Å². The van der Waals surface area contributed by atoms with Crippen LogP contribution in [-0.4, -0.2) is 72.9 Å². The van der Waals surface area contributed by atoms with Crippen molar-refractivity contribution in [2.45, 2.75) is 27.2 Å². The summed E-state index contributed by atoms with van der Waals surface area (Å²) in [6.07, 6.45) is 1.04. The molecule has 1 saturated heterocycles. The molecule has 32 heavy (non-hydrogen) atoms. The number of hydrogen-bond donors (Lipinski definition) is 2. The Morgan fingerprint density at radius 2 is 2.03 bits per heavy atom. The first kappa shape index (κ1) is 22.4. The van der Waals surface area contributed by atoms with Gasteiger partial charge in [-0.1, -0.05) is 13.0 Å². The Morgan fingerprint density at radius 1 is 1.22 bits per heavy atom. The first-order valence-electron chi connectivity index (χ1n) is 11.4. The lowest BCUT2D eigenvalue weighted by atomic mass is 10.1. The van der Waals surface area contributed by atoms with Crippen molar-refractivity contribution in [2.24, 2.45) is 0 Å². The zero-order chi connectivity index (χ0) is 22.5. The predicted molar refractivity (Wildman–Crippen MR) is 134 cm³/mol. The molecule has 0 atom stereocenters. The lowest BCUT2D eigenvalue weighted by Crippen LogP contribution is -2.38. The van der Waals surface area contributed by atoms with Gasteiger partial charge in [0.1, 0.15) is 18.2 Å². The van der Waals surface area contributed by atoms with Crippen LogP contribution in [0.1, 0.15) is 27.5 Å². The van der Waals surface area contributed by atoms with E-state index in [0.717, 1.165) is 68.7 Å². The van der Waals surface area contributed by atoms with E-state index in [4.69, 9.17) is 9.47 Å². The summed E-state index contributed by atoms with van der Waals surface area (Å²) in [4.78, 5) is 17.2. The number of anilines is 3. The predicted octanol–water partition coefficient (Wildman–Crippen LogP) is 4.37. The maximum Gasteiger partial charge on any atom is 0.320 e. The van der Waals surface area contributed by atoms with Crippen LogP contribution in [0.4, 0.5) is 17.3 Å². The number of rotatable bonds is 9. The molecule has 3 heterocycles. The van der Waals surface area contributed by atoms with Gasteiger partial charge >= 0.3 is 6.01 Å². The quantitative estimate of drug-likeness (QED) is 0.509. The molecule has 2 N–H and O–H groups in total. The molecule has 0 unspecified atom stereocenters. The molecule has 3 aromatic rings. The molecular formula is C24H38N6O2. The minimum atomic E-state index is 0. The number of aromatic nitrogens is 3. The summed E-state index contributed by atoms with van der Waals surface area (Å²) in [6.45, 7) is 12.2. The molecule has 176 valence electrons. The Kier molecular flexibility index (Phi) is 7.12. The van der Waals surface area contributed by atoms with Crippen LogP contribution in [0.25, 0.3) is 10.9 Å². The highest BCUT2D eigenvalue weighted by atomic mass is 16.5. The van der Waals surface area contributed by atoms with Crippen LogP contribution >= 0.6 is 0 Å². The second-order valence-corrected chi connectivity index (χ2v) is 8.38. The van der Waals surface area contributed by atoms with E-state index in [1.54, 1.807) is 0 Å². The minimum absolute atomic E-state index is 0. The zero-order valence-electron chi connectivity index (χ0n) is 19.6. The summed E-state index contributed by atoms with van der Waals surface area (Å²) in [5.41, 5.74) is 4.57. The summed E-state index contributed by atoms with van der Waals surface area (Å²) in [5.74, 6) is 1.57. The number of H-pyrrole nitrogens is 1. The zero-order valence-corrected chi connectivity index (χ0v) is 19.6. The number of ether oxygens (including phenoxy) is 2. The molecule has 8 nitrogen and oxygen atoms in total. The fourth-order valence-electron chi connectivity index (χ4n) is 3.98. The highest BCUT2D eigenvalue weighted by molar-refractivity contribution is 5.87. The highest BCUT2D eigenvalue weighted by Gasteiger charge is 2.13. The molecule has 8 heteroatoms. The average Bonchev–Trinajstić information content (AvgIpc) is 3.07. The first-order valence-corrected chi connectivity index (χ1v) is 11.4. The van der Waals surface area contributed by atoms with Gasteiger partial charge in [-0.25, -0.2) is 0 Å². The summed E-state index contributed by atoms with van der Waals surface area (Å²) in [5, 5.41) is 4.68. The van der Waals surface area contributed by atoms with E-state index in [1.165, 1.54) is 16.6 Å². The van der Waals surface area contributed by atoms with Crippen LogP contribution in [0, 0.1) is 13.8 Å². The van der Waals surface area contributed by atoms with Crippen molar-refractivity contribution in [3.05, 3.63) is 35.5 Å². The molecule has 0 amide bonds. The number of nitrogens with one attached hydrogen (secondary N) is 2. The van der Waals surface area contributed by atoms with Crippen molar-refractivity contribution < 1.29 is 12.3 Å². The Bertz CT molecular complexity index is 1060. The molecule has 0 bridgehead atoms. The molecule has 2 aromatic heterocycles. The fraction of sp³-hybridized carbons (Fsp3) is 0.500. The van der Waals surface area contributed by atoms with Crippen LogP contribution in [-0.2, 0) is 4.74 Å². The topological polar surface area (TPSA) is 78.5 Å². The van der Waals surface area contributed by atoms with Crippen molar-refractivity contribution in [3.8, 4) is 6.01 Å². The van der Waals surface area contributed by atoms with Crippen LogP contribution < -0.4 is 15.0 Å². The lowest BCUT2D eigenvalue weighted by molar-refractivity contribution is 0.0317. The molecule has 1 aliphatic rings. The van der Waals surface area contributed by atoms with E-state index in [-0.39, 0.29) is 2.85 Å². The summed E-state index contributed by atoms with van der Waals surface area (Å²) in [7, 11) is 2.05. The van der Waals surface area contributed by atoms with E-state index < -0.39 is 0 Å². The van der Waals surface area contributed by atoms with E-state index in [0.29, 0.717) is 12.6 Å². The van der Waals surface area contributed by atoms with Gasteiger partial charge in [-0.15, -0.1) is 0 Å². The Balaban J connectivity index is 0.00000204. The first-order chi connectivity index (χ1) is 15.5. The van der Waals surface area contributed by atoms with Gasteiger partial charge < -0.3 is 24.7 Å². The van der Waals surface area contributed by atoms with E-state index in [9.17, 15) is 0 Å². The monoisotopic (exact) mass is 442 g/mol. The van der Waals surface area contributed by atoms with Crippen molar-refractivity contribution in [2.75, 3.05) is 63.3 Å². The van der Waals surface area contributed by atoms with E-state index in [2.05, 4.69) is 69.0 Å². The number of benzene rings is 1.